The van der Waals surface area contributed by atoms with Crippen LogP contribution in [-0.2, 0) is 21.4 Å². The molecule has 0 aliphatic carbocycles. The number of hydrazine groups is 1. The molecular formula is C16H15N3O4S2. The molecule has 0 saturated heterocycles. The van der Waals surface area contributed by atoms with Crippen molar-refractivity contribution >= 4 is 37.5 Å². The highest BCUT2D eigenvalue weighted by molar-refractivity contribution is 7.89. The van der Waals surface area contributed by atoms with Gasteiger partial charge in [0.25, 0.3) is 15.9 Å². The molecule has 0 radical (unpaired) electrons. The SMILES string of the molecule is Cc1ccc(S(=O)(=O)NNC(=O)Cn2c(=O)sc3ccccc32)cc1. The largest absolute Gasteiger partial charge is 0.308 e. The Morgan fingerprint density at radius 3 is 2.52 bits per heavy atom. The van der Waals surface area contributed by atoms with Gasteiger partial charge >= 0.3 is 4.87 Å². The van der Waals surface area contributed by atoms with Crippen LogP contribution in [0.25, 0.3) is 10.2 Å². The number of amides is 1. The summed E-state index contributed by atoms with van der Waals surface area (Å²) in [6.07, 6.45) is 0. The van der Waals surface area contributed by atoms with Gasteiger partial charge < -0.3 is 0 Å². The zero-order valence-electron chi connectivity index (χ0n) is 13.2. The molecule has 0 fully saturated rings. The molecule has 3 rings (SSSR count). The molecule has 1 heterocycles. The number of para-hydroxylation sites is 1. The van der Waals surface area contributed by atoms with Gasteiger partial charge in [-0.2, -0.15) is 0 Å². The minimum atomic E-state index is -3.87. The van der Waals surface area contributed by atoms with Gasteiger partial charge in [-0.15, -0.1) is 4.83 Å². The standard InChI is InChI=1S/C16H15N3O4S2/c1-11-6-8-12(9-7-11)25(22,23)18-17-15(20)10-19-13-4-2-3-5-14(13)24-16(19)21/h2-9,18H,10H2,1H3,(H,17,20). The van der Waals surface area contributed by atoms with Crippen molar-refractivity contribution in [2.24, 2.45) is 0 Å². The number of carbonyl (C=O) groups excluding carboxylic acids is 1. The zero-order chi connectivity index (χ0) is 18.0. The number of aryl methyl sites for hydroxylation is 1. The lowest BCUT2D eigenvalue weighted by Crippen LogP contribution is -2.43. The van der Waals surface area contributed by atoms with Crippen molar-refractivity contribution in [3.05, 3.63) is 63.8 Å². The number of rotatable bonds is 5. The molecule has 3 aromatic rings. The number of hydrogen-bond donors (Lipinski definition) is 2. The number of thiazole rings is 1. The van der Waals surface area contributed by atoms with E-state index in [1.807, 2.05) is 11.8 Å². The van der Waals surface area contributed by atoms with E-state index < -0.39 is 15.9 Å². The van der Waals surface area contributed by atoms with Crippen LogP contribution in [-0.4, -0.2) is 18.9 Å². The minimum Gasteiger partial charge on any atom is -0.289 e. The maximum absolute atomic E-state index is 12.1. The first-order valence-electron chi connectivity index (χ1n) is 7.32. The van der Waals surface area contributed by atoms with Gasteiger partial charge in [0.05, 0.1) is 15.1 Å². The lowest BCUT2D eigenvalue weighted by molar-refractivity contribution is -0.122. The highest BCUT2D eigenvalue weighted by Crippen LogP contribution is 2.16. The molecule has 2 aromatic carbocycles. The van der Waals surface area contributed by atoms with Gasteiger partial charge in [-0.25, -0.2) is 8.42 Å². The molecule has 0 saturated carbocycles. The summed E-state index contributed by atoms with van der Waals surface area (Å²) in [6, 6.07) is 13.3. The van der Waals surface area contributed by atoms with Crippen LogP contribution in [0.2, 0.25) is 0 Å². The van der Waals surface area contributed by atoms with E-state index in [-0.39, 0.29) is 16.3 Å². The Labute approximate surface area is 147 Å². The van der Waals surface area contributed by atoms with Crippen LogP contribution in [0.3, 0.4) is 0 Å². The summed E-state index contributed by atoms with van der Waals surface area (Å²) < 4.78 is 26.3. The first kappa shape index (κ1) is 17.3. The molecule has 0 bridgehead atoms. The Hall–Kier alpha value is -2.49. The smallest absolute Gasteiger partial charge is 0.289 e. The van der Waals surface area contributed by atoms with Crippen molar-refractivity contribution in [3.63, 3.8) is 0 Å². The molecule has 0 unspecified atom stereocenters. The summed E-state index contributed by atoms with van der Waals surface area (Å²) in [5.41, 5.74) is 3.69. The fourth-order valence-electron chi connectivity index (χ4n) is 2.25. The second-order valence-corrected chi connectivity index (χ2v) is 8.06. The van der Waals surface area contributed by atoms with Gasteiger partial charge in [-0.05, 0) is 31.2 Å². The van der Waals surface area contributed by atoms with E-state index >= 15 is 0 Å². The highest BCUT2D eigenvalue weighted by Gasteiger charge is 2.16. The minimum absolute atomic E-state index is 0.0385. The quantitative estimate of drug-likeness (QED) is 0.657. The number of nitrogens with one attached hydrogen (secondary N) is 2. The van der Waals surface area contributed by atoms with Gasteiger partial charge in [0.2, 0.25) is 0 Å². The lowest BCUT2D eigenvalue weighted by Gasteiger charge is -2.09. The first-order chi connectivity index (χ1) is 11.9. The van der Waals surface area contributed by atoms with Crippen molar-refractivity contribution in [1.82, 2.24) is 14.8 Å². The summed E-state index contributed by atoms with van der Waals surface area (Å²) in [6.45, 7) is 1.56. The monoisotopic (exact) mass is 377 g/mol. The molecule has 0 aliphatic rings. The highest BCUT2D eigenvalue weighted by atomic mass is 32.2. The second kappa shape index (κ2) is 6.79. The van der Waals surface area contributed by atoms with Crippen LogP contribution < -0.4 is 15.1 Å². The normalized spacial score (nSPS) is 11.6. The summed E-state index contributed by atoms with van der Waals surface area (Å²) >= 11 is 1.03. The van der Waals surface area contributed by atoms with E-state index in [0.717, 1.165) is 21.6 Å². The van der Waals surface area contributed by atoms with Crippen LogP contribution in [0.15, 0.2) is 58.2 Å². The fourth-order valence-corrected chi connectivity index (χ4v) is 4.00. The number of sulfonamides is 1. The predicted octanol–water partition coefficient (Wildman–Crippen LogP) is 1.38. The molecule has 9 heteroatoms. The molecule has 130 valence electrons. The van der Waals surface area contributed by atoms with Gasteiger partial charge in [-0.1, -0.05) is 41.2 Å². The van der Waals surface area contributed by atoms with E-state index in [1.54, 1.807) is 36.4 Å². The summed E-state index contributed by atoms with van der Waals surface area (Å²) in [7, 11) is -3.87. The van der Waals surface area contributed by atoms with Crippen LogP contribution in [0.1, 0.15) is 5.56 Å². The average Bonchev–Trinajstić information content (AvgIpc) is 2.89. The molecule has 1 amide bonds. The number of hydrogen-bond acceptors (Lipinski definition) is 5. The van der Waals surface area contributed by atoms with Gasteiger partial charge in [-0.3, -0.25) is 19.6 Å². The van der Waals surface area contributed by atoms with Crippen LogP contribution in [0, 0.1) is 6.92 Å². The van der Waals surface area contributed by atoms with E-state index in [4.69, 9.17) is 0 Å². The topological polar surface area (TPSA) is 97.3 Å². The third-order valence-corrected chi connectivity index (χ3v) is 5.76. The fraction of sp³-hybridized carbons (Fsp3) is 0.125. The van der Waals surface area contributed by atoms with Gasteiger partial charge in [0, 0.05) is 0 Å². The third kappa shape index (κ3) is 3.78. The predicted molar refractivity (Wildman–Crippen MR) is 95.7 cm³/mol. The molecule has 0 atom stereocenters. The summed E-state index contributed by atoms with van der Waals surface area (Å²) in [4.78, 5) is 25.8. The number of carbonyl (C=O) groups is 1. The molecule has 0 aliphatic heterocycles. The van der Waals surface area contributed by atoms with Gasteiger partial charge in [0.15, 0.2) is 0 Å². The van der Waals surface area contributed by atoms with E-state index in [1.165, 1.54) is 16.7 Å². The van der Waals surface area contributed by atoms with Crippen molar-refractivity contribution in [1.29, 1.82) is 0 Å². The maximum Gasteiger partial charge on any atom is 0.308 e. The Bertz CT molecular complexity index is 1080. The van der Waals surface area contributed by atoms with Crippen molar-refractivity contribution in [2.45, 2.75) is 18.4 Å². The molecule has 7 nitrogen and oxygen atoms in total. The molecule has 2 N–H and O–H groups in total. The van der Waals surface area contributed by atoms with Crippen LogP contribution >= 0.6 is 11.3 Å². The van der Waals surface area contributed by atoms with Crippen molar-refractivity contribution in [2.75, 3.05) is 0 Å². The molecule has 25 heavy (non-hydrogen) atoms. The Morgan fingerprint density at radius 2 is 1.80 bits per heavy atom. The summed E-state index contributed by atoms with van der Waals surface area (Å²) in [5, 5.41) is 0. The first-order valence-corrected chi connectivity index (χ1v) is 9.62. The molecule has 1 aromatic heterocycles. The third-order valence-electron chi connectivity index (χ3n) is 3.53. The van der Waals surface area contributed by atoms with Crippen molar-refractivity contribution < 1.29 is 13.2 Å². The van der Waals surface area contributed by atoms with Crippen LogP contribution in [0.5, 0.6) is 0 Å². The Kier molecular flexibility index (Phi) is 4.71. The average molecular weight is 377 g/mol. The molecular weight excluding hydrogens is 362 g/mol. The lowest BCUT2D eigenvalue weighted by atomic mass is 10.2. The van der Waals surface area contributed by atoms with Gasteiger partial charge in [0.1, 0.15) is 6.54 Å². The number of aromatic nitrogens is 1. The maximum atomic E-state index is 12.1. The van der Waals surface area contributed by atoms with Crippen molar-refractivity contribution in [3.8, 4) is 0 Å². The van der Waals surface area contributed by atoms with E-state index in [2.05, 4.69) is 5.43 Å². The number of nitrogens with zero attached hydrogens (tertiary/aromatic N) is 1. The Balaban J connectivity index is 1.71. The number of benzene rings is 2. The summed E-state index contributed by atoms with van der Waals surface area (Å²) in [5.74, 6) is -0.638. The zero-order valence-corrected chi connectivity index (χ0v) is 14.9. The van der Waals surface area contributed by atoms with Crippen LogP contribution in [0.4, 0.5) is 0 Å². The number of fused-ring (bicyclic) bond motifs is 1. The Morgan fingerprint density at radius 1 is 1.12 bits per heavy atom. The van der Waals surface area contributed by atoms with E-state index in [9.17, 15) is 18.0 Å². The van der Waals surface area contributed by atoms with E-state index in [0.29, 0.717) is 5.52 Å². The molecule has 0 spiro atoms. The second-order valence-electron chi connectivity index (χ2n) is 5.39.